The van der Waals surface area contributed by atoms with Gasteiger partial charge in [0.05, 0.1) is 5.01 Å². The van der Waals surface area contributed by atoms with Gasteiger partial charge in [-0.15, -0.1) is 11.3 Å². The van der Waals surface area contributed by atoms with Crippen LogP contribution in [-0.4, -0.2) is 24.5 Å². The number of rotatable bonds is 5. The highest BCUT2D eigenvalue weighted by Crippen LogP contribution is 2.10. The molecular weight excluding hydrogens is 186 g/mol. The van der Waals surface area contributed by atoms with Gasteiger partial charge in [0.25, 0.3) is 0 Å². The maximum Gasteiger partial charge on any atom is 0.158 e. The van der Waals surface area contributed by atoms with Crippen molar-refractivity contribution in [2.24, 2.45) is 0 Å². The Hall–Kier alpha value is -0.740. The van der Waals surface area contributed by atoms with Crippen LogP contribution >= 0.6 is 11.3 Å². The van der Waals surface area contributed by atoms with Gasteiger partial charge in [0, 0.05) is 31.0 Å². The van der Waals surface area contributed by atoms with Gasteiger partial charge in [-0.2, -0.15) is 0 Å². The Labute approximate surface area is 81.8 Å². The van der Waals surface area contributed by atoms with Crippen molar-refractivity contribution in [1.29, 1.82) is 0 Å². The van der Waals surface area contributed by atoms with Gasteiger partial charge < -0.3 is 4.74 Å². The second-order valence-corrected chi connectivity index (χ2v) is 3.80. The summed E-state index contributed by atoms with van der Waals surface area (Å²) in [7, 11) is 1.53. The molecule has 13 heavy (non-hydrogen) atoms. The van der Waals surface area contributed by atoms with E-state index in [1.807, 2.05) is 12.3 Å². The average molecular weight is 199 g/mol. The van der Waals surface area contributed by atoms with Crippen LogP contribution < -0.4 is 0 Å². The van der Waals surface area contributed by atoms with E-state index in [0.29, 0.717) is 6.42 Å². The molecule has 0 aliphatic heterocycles. The minimum atomic E-state index is 0.135. The standard InChI is InChI=1S/C9H13NO2S/c1-7-6-13-9(10-7)4-3-8(11)5-12-2/h6H,3-5H2,1-2H3. The first-order chi connectivity index (χ1) is 6.22. The van der Waals surface area contributed by atoms with Crippen LogP contribution in [0.15, 0.2) is 5.38 Å². The maximum atomic E-state index is 11.1. The molecule has 0 N–H and O–H groups in total. The lowest BCUT2D eigenvalue weighted by atomic mass is 10.2. The van der Waals surface area contributed by atoms with Crippen molar-refractivity contribution in [3.05, 3.63) is 16.1 Å². The summed E-state index contributed by atoms with van der Waals surface area (Å²) in [5, 5.41) is 3.03. The van der Waals surface area contributed by atoms with Crippen molar-refractivity contribution < 1.29 is 9.53 Å². The van der Waals surface area contributed by atoms with Crippen molar-refractivity contribution in [2.75, 3.05) is 13.7 Å². The Bertz CT molecular complexity index is 283. The molecule has 0 saturated heterocycles. The molecule has 0 atom stereocenters. The smallest absolute Gasteiger partial charge is 0.158 e. The summed E-state index contributed by atoms with van der Waals surface area (Å²) in [6.07, 6.45) is 1.27. The van der Waals surface area contributed by atoms with Crippen LogP contribution in [0.2, 0.25) is 0 Å². The summed E-state index contributed by atoms with van der Waals surface area (Å²) in [5.41, 5.74) is 1.03. The lowest BCUT2D eigenvalue weighted by molar-refractivity contribution is -0.122. The van der Waals surface area contributed by atoms with Gasteiger partial charge in [-0.1, -0.05) is 0 Å². The third-order valence-corrected chi connectivity index (χ3v) is 2.62. The van der Waals surface area contributed by atoms with E-state index in [2.05, 4.69) is 4.98 Å². The van der Waals surface area contributed by atoms with Crippen molar-refractivity contribution in [1.82, 2.24) is 4.98 Å². The predicted octanol–water partition coefficient (Wildman–Crippen LogP) is 1.60. The van der Waals surface area contributed by atoms with Gasteiger partial charge >= 0.3 is 0 Å². The van der Waals surface area contributed by atoms with E-state index in [4.69, 9.17) is 4.74 Å². The average Bonchev–Trinajstić information content (AvgIpc) is 2.49. The van der Waals surface area contributed by atoms with Crippen molar-refractivity contribution in [3.63, 3.8) is 0 Å². The van der Waals surface area contributed by atoms with Crippen LogP contribution in [0.25, 0.3) is 0 Å². The number of nitrogens with zero attached hydrogens (tertiary/aromatic N) is 1. The minimum absolute atomic E-state index is 0.135. The summed E-state index contributed by atoms with van der Waals surface area (Å²) < 4.78 is 4.73. The quantitative estimate of drug-likeness (QED) is 0.723. The Morgan fingerprint density at radius 3 is 3.00 bits per heavy atom. The Balaban J connectivity index is 2.30. The molecule has 3 nitrogen and oxygen atoms in total. The Morgan fingerprint density at radius 2 is 2.46 bits per heavy atom. The van der Waals surface area contributed by atoms with Crippen LogP contribution in [0.1, 0.15) is 17.1 Å². The molecule has 1 aromatic rings. The molecule has 0 bridgehead atoms. The first-order valence-corrected chi connectivity index (χ1v) is 5.02. The second-order valence-electron chi connectivity index (χ2n) is 2.85. The van der Waals surface area contributed by atoms with Gasteiger partial charge in [-0.05, 0) is 6.92 Å². The van der Waals surface area contributed by atoms with E-state index in [0.717, 1.165) is 17.1 Å². The normalized spacial score (nSPS) is 10.3. The molecule has 0 spiro atoms. The van der Waals surface area contributed by atoms with Crippen LogP contribution in [-0.2, 0) is 16.0 Å². The van der Waals surface area contributed by atoms with Gasteiger partial charge in [0.15, 0.2) is 5.78 Å². The highest BCUT2D eigenvalue weighted by molar-refractivity contribution is 7.09. The number of hydrogen-bond donors (Lipinski definition) is 0. The predicted molar refractivity (Wildman–Crippen MR) is 52.1 cm³/mol. The summed E-state index contributed by atoms with van der Waals surface area (Å²) in [6, 6.07) is 0. The molecule has 0 aliphatic rings. The summed E-state index contributed by atoms with van der Waals surface area (Å²) in [4.78, 5) is 15.3. The summed E-state index contributed by atoms with van der Waals surface area (Å²) in [6.45, 7) is 2.17. The molecular formula is C9H13NO2S. The van der Waals surface area contributed by atoms with Gasteiger partial charge in [-0.3, -0.25) is 4.79 Å². The minimum Gasteiger partial charge on any atom is -0.377 e. The molecule has 0 radical (unpaired) electrons. The third kappa shape index (κ3) is 3.65. The fraction of sp³-hybridized carbons (Fsp3) is 0.556. The van der Waals surface area contributed by atoms with E-state index >= 15 is 0 Å². The summed E-state index contributed by atoms with van der Waals surface area (Å²) in [5.74, 6) is 0.135. The van der Waals surface area contributed by atoms with E-state index in [1.165, 1.54) is 7.11 Å². The number of ketones is 1. The molecule has 0 amide bonds. The fourth-order valence-electron chi connectivity index (χ4n) is 0.997. The molecule has 0 fully saturated rings. The fourth-order valence-corrected chi connectivity index (χ4v) is 1.77. The molecule has 1 rings (SSSR count). The second kappa shape index (κ2) is 5.09. The van der Waals surface area contributed by atoms with Gasteiger partial charge in [0.1, 0.15) is 6.61 Å². The number of methoxy groups -OCH3 is 1. The molecule has 4 heteroatoms. The Kier molecular flexibility index (Phi) is 4.05. The topological polar surface area (TPSA) is 39.2 Å². The maximum absolute atomic E-state index is 11.1. The van der Waals surface area contributed by atoms with Crippen molar-refractivity contribution in [3.8, 4) is 0 Å². The molecule has 1 aromatic heterocycles. The zero-order chi connectivity index (χ0) is 9.68. The summed E-state index contributed by atoms with van der Waals surface area (Å²) >= 11 is 1.61. The molecule has 72 valence electrons. The van der Waals surface area contributed by atoms with Crippen LogP contribution in [0, 0.1) is 6.92 Å². The van der Waals surface area contributed by atoms with Crippen LogP contribution in [0.4, 0.5) is 0 Å². The first kappa shape index (κ1) is 10.3. The van der Waals surface area contributed by atoms with E-state index < -0.39 is 0 Å². The van der Waals surface area contributed by atoms with Crippen molar-refractivity contribution in [2.45, 2.75) is 19.8 Å². The third-order valence-electron chi connectivity index (χ3n) is 1.59. The van der Waals surface area contributed by atoms with Crippen LogP contribution in [0.3, 0.4) is 0 Å². The first-order valence-electron chi connectivity index (χ1n) is 4.14. The number of carbonyl (C=O) groups is 1. The lowest BCUT2D eigenvalue weighted by Gasteiger charge is -1.96. The molecule has 0 unspecified atom stereocenters. The highest BCUT2D eigenvalue weighted by atomic mass is 32.1. The highest BCUT2D eigenvalue weighted by Gasteiger charge is 2.04. The zero-order valence-electron chi connectivity index (χ0n) is 7.87. The number of thiazole rings is 1. The lowest BCUT2D eigenvalue weighted by Crippen LogP contribution is -2.07. The number of ether oxygens (including phenoxy) is 1. The number of Topliss-reactive ketones (excluding diaryl/α,β-unsaturated/α-hetero) is 1. The van der Waals surface area contributed by atoms with E-state index in [9.17, 15) is 4.79 Å². The van der Waals surface area contributed by atoms with Gasteiger partial charge in [0.2, 0.25) is 0 Å². The largest absolute Gasteiger partial charge is 0.377 e. The molecule has 1 heterocycles. The van der Waals surface area contributed by atoms with E-state index in [1.54, 1.807) is 11.3 Å². The van der Waals surface area contributed by atoms with E-state index in [-0.39, 0.29) is 12.4 Å². The van der Waals surface area contributed by atoms with Crippen LogP contribution in [0.5, 0.6) is 0 Å². The SMILES string of the molecule is COCC(=O)CCc1nc(C)cs1. The van der Waals surface area contributed by atoms with Gasteiger partial charge in [-0.25, -0.2) is 4.98 Å². The zero-order valence-corrected chi connectivity index (χ0v) is 8.69. The Morgan fingerprint density at radius 1 is 1.69 bits per heavy atom. The number of aromatic nitrogens is 1. The molecule has 0 saturated carbocycles. The molecule has 0 aromatic carbocycles. The molecule has 0 aliphatic carbocycles. The number of carbonyl (C=O) groups excluding carboxylic acids is 1. The monoisotopic (exact) mass is 199 g/mol. The van der Waals surface area contributed by atoms with Crippen molar-refractivity contribution >= 4 is 17.1 Å². The number of aryl methyl sites for hydroxylation is 2. The number of hydrogen-bond acceptors (Lipinski definition) is 4.